The fourth-order valence-corrected chi connectivity index (χ4v) is 1.59. The molecule has 0 atom stereocenters. The molecule has 2 nitrogen and oxygen atoms in total. The molecule has 2 heteroatoms. The second-order valence-electron chi connectivity index (χ2n) is 3.56. The van der Waals surface area contributed by atoms with Crippen LogP contribution in [0, 0.1) is 6.92 Å². The van der Waals surface area contributed by atoms with Crippen LogP contribution in [-0.4, -0.2) is 5.91 Å². The van der Waals surface area contributed by atoms with Crippen molar-refractivity contribution in [1.82, 2.24) is 0 Å². The highest BCUT2D eigenvalue weighted by Crippen LogP contribution is 2.15. The number of amides is 1. The summed E-state index contributed by atoms with van der Waals surface area (Å²) in [6, 6.07) is 5.75. The summed E-state index contributed by atoms with van der Waals surface area (Å²) in [4.78, 5) is 11.1. The molecule has 0 bridgehead atoms. The molecule has 1 aromatic carbocycles. The minimum atomic E-state index is -0.333. The number of benzene rings is 1. The van der Waals surface area contributed by atoms with Gasteiger partial charge in [0.1, 0.15) is 0 Å². The first kappa shape index (κ1) is 10.8. The maximum atomic E-state index is 11.1. The van der Waals surface area contributed by atoms with Crippen molar-refractivity contribution in [2.75, 3.05) is 0 Å². The van der Waals surface area contributed by atoms with E-state index in [1.165, 1.54) is 12.0 Å². The molecule has 0 aliphatic heterocycles. The van der Waals surface area contributed by atoms with E-state index < -0.39 is 0 Å². The second-order valence-corrected chi connectivity index (χ2v) is 3.56. The molecule has 0 aliphatic rings. The Hall–Kier alpha value is -1.31. The smallest absolute Gasteiger partial charge is 0.248 e. The minimum Gasteiger partial charge on any atom is -0.366 e. The summed E-state index contributed by atoms with van der Waals surface area (Å²) in [5.74, 6) is -0.333. The fourth-order valence-electron chi connectivity index (χ4n) is 1.59. The molecule has 0 aliphatic carbocycles. The van der Waals surface area contributed by atoms with Gasteiger partial charge in [-0.05, 0) is 37.0 Å². The first-order valence-corrected chi connectivity index (χ1v) is 5.05. The van der Waals surface area contributed by atoms with Crippen molar-refractivity contribution >= 4 is 5.91 Å². The van der Waals surface area contributed by atoms with Gasteiger partial charge in [0, 0.05) is 5.56 Å². The van der Waals surface area contributed by atoms with Crippen molar-refractivity contribution in [2.24, 2.45) is 5.73 Å². The molecule has 0 saturated carbocycles. The van der Waals surface area contributed by atoms with E-state index in [2.05, 4.69) is 13.0 Å². The Morgan fingerprint density at radius 1 is 1.43 bits per heavy atom. The highest BCUT2D eigenvalue weighted by Gasteiger charge is 2.07. The van der Waals surface area contributed by atoms with Crippen molar-refractivity contribution < 1.29 is 4.79 Å². The number of nitrogens with two attached hydrogens (primary N) is 1. The quantitative estimate of drug-likeness (QED) is 0.780. The summed E-state index contributed by atoms with van der Waals surface area (Å²) in [7, 11) is 0. The Labute approximate surface area is 85.1 Å². The van der Waals surface area contributed by atoms with Crippen molar-refractivity contribution in [1.29, 1.82) is 0 Å². The normalized spacial score (nSPS) is 10.1. The zero-order chi connectivity index (χ0) is 10.6. The van der Waals surface area contributed by atoms with Crippen LogP contribution in [0.25, 0.3) is 0 Å². The maximum Gasteiger partial charge on any atom is 0.248 e. The molecule has 0 radical (unpaired) electrons. The SMILES string of the molecule is CCCCc1cccc(C(N)=O)c1C. The lowest BCUT2D eigenvalue weighted by Gasteiger charge is -2.08. The van der Waals surface area contributed by atoms with Crippen LogP contribution in [0.3, 0.4) is 0 Å². The van der Waals surface area contributed by atoms with Gasteiger partial charge in [0.15, 0.2) is 0 Å². The lowest BCUT2D eigenvalue weighted by atomic mass is 9.98. The van der Waals surface area contributed by atoms with Crippen LogP contribution in [0.4, 0.5) is 0 Å². The van der Waals surface area contributed by atoms with Crippen molar-refractivity contribution in [2.45, 2.75) is 33.1 Å². The molecular weight excluding hydrogens is 174 g/mol. The van der Waals surface area contributed by atoms with Gasteiger partial charge in [-0.1, -0.05) is 25.5 Å². The van der Waals surface area contributed by atoms with E-state index >= 15 is 0 Å². The lowest BCUT2D eigenvalue weighted by Crippen LogP contribution is -2.13. The summed E-state index contributed by atoms with van der Waals surface area (Å²) in [5.41, 5.74) is 8.20. The minimum absolute atomic E-state index is 0.333. The van der Waals surface area contributed by atoms with E-state index in [0.29, 0.717) is 5.56 Å². The van der Waals surface area contributed by atoms with Gasteiger partial charge in [0.05, 0.1) is 0 Å². The number of hydrogen-bond acceptors (Lipinski definition) is 1. The first-order chi connectivity index (χ1) is 6.66. The predicted molar refractivity (Wildman–Crippen MR) is 58.3 cm³/mol. The van der Waals surface area contributed by atoms with E-state index in [4.69, 9.17) is 5.73 Å². The monoisotopic (exact) mass is 191 g/mol. The van der Waals surface area contributed by atoms with Gasteiger partial charge < -0.3 is 5.73 Å². The largest absolute Gasteiger partial charge is 0.366 e. The molecule has 76 valence electrons. The zero-order valence-electron chi connectivity index (χ0n) is 8.84. The number of carbonyl (C=O) groups is 1. The van der Waals surface area contributed by atoms with Crippen LogP contribution in [0.5, 0.6) is 0 Å². The van der Waals surface area contributed by atoms with Crippen molar-refractivity contribution in [3.05, 3.63) is 34.9 Å². The van der Waals surface area contributed by atoms with Crippen molar-refractivity contribution in [3.63, 3.8) is 0 Å². The molecule has 0 fully saturated rings. The van der Waals surface area contributed by atoms with E-state index in [1.54, 1.807) is 6.07 Å². The van der Waals surface area contributed by atoms with E-state index in [0.717, 1.165) is 18.4 Å². The highest BCUT2D eigenvalue weighted by atomic mass is 16.1. The molecule has 0 unspecified atom stereocenters. The zero-order valence-corrected chi connectivity index (χ0v) is 8.84. The Morgan fingerprint density at radius 2 is 2.14 bits per heavy atom. The third-order valence-corrected chi connectivity index (χ3v) is 2.51. The summed E-state index contributed by atoms with van der Waals surface area (Å²) >= 11 is 0. The molecule has 0 saturated heterocycles. The van der Waals surface area contributed by atoms with Gasteiger partial charge in [0.2, 0.25) is 5.91 Å². The average molecular weight is 191 g/mol. The summed E-state index contributed by atoms with van der Waals surface area (Å²) in [6.07, 6.45) is 3.35. The molecule has 0 heterocycles. The summed E-state index contributed by atoms with van der Waals surface area (Å²) in [6.45, 7) is 4.12. The standard InChI is InChI=1S/C12H17NO/c1-3-4-6-10-7-5-8-11(9(10)2)12(13)14/h5,7-8H,3-4,6H2,1-2H3,(H2,13,14). The van der Waals surface area contributed by atoms with Gasteiger partial charge in [-0.2, -0.15) is 0 Å². The number of primary amides is 1. The van der Waals surface area contributed by atoms with E-state index in [9.17, 15) is 4.79 Å². The van der Waals surface area contributed by atoms with Gasteiger partial charge in [0.25, 0.3) is 0 Å². The Bertz CT molecular complexity index is 331. The van der Waals surface area contributed by atoms with Crippen LogP contribution in [0.2, 0.25) is 0 Å². The number of hydrogen-bond donors (Lipinski definition) is 1. The van der Waals surface area contributed by atoms with Gasteiger partial charge in [-0.15, -0.1) is 0 Å². The van der Waals surface area contributed by atoms with Crippen LogP contribution >= 0.6 is 0 Å². The molecule has 2 N–H and O–H groups in total. The van der Waals surface area contributed by atoms with Gasteiger partial charge >= 0.3 is 0 Å². The molecule has 0 spiro atoms. The number of unbranched alkanes of at least 4 members (excludes halogenated alkanes) is 1. The predicted octanol–water partition coefficient (Wildman–Crippen LogP) is 2.44. The van der Waals surface area contributed by atoms with Crippen LogP contribution in [0.15, 0.2) is 18.2 Å². The van der Waals surface area contributed by atoms with Crippen LogP contribution in [0.1, 0.15) is 41.3 Å². The third kappa shape index (κ3) is 2.34. The third-order valence-electron chi connectivity index (χ3n) is 2.51. The van der Waals surface area contributed by atoms with E-state index in [-0.39, 0.29) is 5.91 Å². The average Bonchev–Trinajstić information content (AvgIpc) is 2.16. The second kappa shape index (κ2) is 4.80. The molecule has 0 aromatic heterocycles. The molecule has 1 amide bonds. The number of carbonyl (C=O) groups excluding carboxylic acids is 1. The number of rotatable bonds is 4. The van der Waals surface area contributed by atoms with Crippen LogP contribution < -0.4 is 5.73 Å². The highest BCUT2D eigenvalue weighted by molar-refractivity contribution is 5.94. The fraction of sp³-hybridized carbons (Fsp3) is 0.417. The van der Waals surface area contributed by atoms with Crippen molar-refractivity contribution in [3.8, 4) is 0 Å². The van der Waals surface area contributed by atoms with Crippen LogP contribution in [-0.2, 0) is 6.42 Å². The molecular formula is C12H17NO. The molecule has 1 rings (SSSR count). The summed E-state index contributed by atoms with van der Waals surface area (Å²) < 4.78 is 0. The van der Waals surface area contributed by atoms with E-state index in [1.807, 2.05) is 13.0 Å². The molecule has 1 aromatic rings. The summed E-state index contributed by atoms with van der Waals surface area (Å²) in [5, 5.41) is 0. The Morgan fingerprint density at radius 3 is 2.71 bits per heavy atom. The Kier molecular flexibility index (Phi) is 3.69. The first-order valence-electron chi connectivity index (χ1n) is 5.05. The maximum absolute atomic E-state index is 11.1. The van der Waals surface area contributed by atoms with Gasteiger partial charge in [-0.25, -0.2) is 0 Å². The lowest BCUT2D eigenvalue weighted by molar-refractivity contribution is 0.0999. The number of aryl methyl sites for hydroxylation is 1. The van der Waals surface area contributed by atoms with Gasteiger partial charge in [-0.3, -0.25) is 4.79 Å². The topological polar surface area (TPSA) is 43.1 Å². The molecule has 14 heavy (non-hydrogen) atoms. The Balaban J connectivity index is 2.95.